The molecule has 0 aliphatic carbocycles. The zero-order chi connectivity index (χ0) is 13.4. The topological polar surface area (TPSA) is 50.4 Å². The summed E-state index contributed by atoms with van der Waals surface area (Å²) in [6, 6.07) is 8.29. The van der Waals surface area contributed by atoms with Gasteiger partial charge in [0.2, 0.25) is 5.91 Å². The molecule has 4 heteroatoms. The van der Waals surface area contributed by atoms with Crippen LogP contribution in [0.4, 0.5) is 0 Å². The molecule has 0 bridgehead atoms. The number of hydrogen-bond acceptors (Lipinski definition) is 3. The maximum absolute atomic E-state index is 11.0. The average Bonchev–Trinajstić information content (AvgIpc) is 2.43. The normalized spacial score (nSPS) is 11.9. The van der Waals surface area contributed by atoms with Crippen LogP contribution in [0, 0.1) is 0 Å². The van der Waals surface area contributed by atoms with Crippen LogP contribution in [0.15, 0.2) is 24.3 Å². The second kappa shape index (κ2) is 7.71. The van der Waals surface area contributed by atoms with Gasteiger partial charge in [-0.15, -0.1) is 0 Å². The Morgan fingerprint density at radius 2 is 2.00 bits per heavy atom. The Balaban J connectivity index is 2.31. The van der Waals surface area contributed by atoms with Crippen LogP contribution in [0.2, 0.25) is 0 Å². The Morgan fingerprint density at radius 3 is 2.56 bits per heavy atom. The van der Waals surface area contributed by atoms with Crippen LogP contribution in [0.5, 0.6) is 5.75 Å². The number of ether oxygens (including phenoxy) is 1. The van der Waals surface area contributed by atoms with Crippen LogP contribution in [-0.2, 0) is 4.79 Å². The lowest BCUT2D eigenvalue weighted by Crippen LogP contribution is -2.23. The number of nitrogens with one attached hydrogen (secondary N) is 2. The van der Waals surface area contributed by atoms with E-state index in [0.29, 0.717) is 6.42 Å². The van der Waals surface area contributed by atoms with E-state index in [0.717, 1.165) is 18.7 Å². The summed E-state index contributed by atoms with van der Waals surface area (Å²) in [5.74, 6) is 0.958. The van der Waals surface area contributed by atoms with Crippen molar-refractivity contribution < 1.29 is 9.53 Å². The summed E-state index contributed by atoms with van der Waals surface area (Å²) >= 11 is 0. The third kappa shape index (κ3) is 4.75. The first-order chi connectivity index (χ1) is 8.67. The number of methoxy groups -OCH3 is 1. The highest BCUT2D eigenvalue weighted by Crippen LogP contribution is 2.17. The van der Waals surface area contributed by atoms with Crippen LogP contribution in [0.3, 0.4) is 0 Å². The number of amides is 1. The Hall–Kier alpha value is -1.55. The number of rotatable bonds is 7. The van der Waals surface area contributed by atoms with Crippen molar-refractivity contribution in [3.63, 3.8) is 0 Å². The molecule has 1 atom stereocenters. The van der Waals surface area contributed by atoms with E-state index in [1.54, 1.807) is 14.2 Å². The summed E-state index contributed by atoms with van der Waals surface area (Å²) in [7, 11) is 3.32. The maximum Gasteiger partial charge on any atom is 0.219 e. The molecule has 0 fully saturated rings. The highest BCUT2D eigenvalue weighted by Gasteiger charge is 2.05. The fourth-order valence-corrected chi connectivity index (χ4v) is 1.70. The van der Waals surface area contributed by atoms with Crippen molar-refractivity contribution in [2.75, 3.05) is 20.7 Å². The van der Waals surface area contributed by atoms with Crippen molar-refractivity contribution in [3.05, 3.63) is 29.8 Å². The standard InChI is InChI=1S/C14H22N2O2/c1-11(16-10-4-5-14(17)15-2)12-6-8-13(18-3)9-7-12/h6-9,11,16H,4-5,10H2,1-3H3,(H,15,17)/t11-/m0/s1. The Kier molecular flexibility index (Phi) is 6.22. The average molecular weight is 250 g/mol. The molecule has 0 aromatic heterocycles. The van der Waals surface area contributed by atoms with Crippen molar-refractivity contribution in [1.82, 2.24) is 10.6 Å². The van der Waals surface area contributed by atoms with Crippen LogP contribution in [-0.4, -0.2) is 26.6 Å². The van der Waals surface area contributed by atoms with Crippen LogP contribution in [0.1, 0.15) is 31.4 Å². The van der Waals surface area contributed by atoms with Crippen molar-refractivity contribution in [1.29, 1.82) is 0 Å². The number of carbonyl (C=O) groups is 1. The molecule has 0 spiro atoms. The summed E-state index contributed by atoms with van der Waals surface area (Å²) in [4.78, 5) is 11.0. The van der Waals surface area contributed by atoms with Gasteiger partial charge in [-0.05, 0) is 37.6 Å². The second-order valence-corrected chi connectivity index (χ2v) is 4.23. The smallest absolute Gasteiger partial charge is 0.219 e. The van der Waals surface area contributed by atoms with Crippen molar-refractivity contribution in [2.24, 2.45) is 0 Å². The Morgan fingerprint density at radius 1 is 1.33 bits per heavy atom. The summed E-state index contributed by atoms with van der Waals surface area (Å²) in [5.41, 5.74) is 1.22. The minimum absolute atomic E-state index is 0.0916. The molecule has 2 N–H and O–H groups in total. The highest BCUT2D eigenvalue weighted by atomic mass is 16.5. The van der Waals surface area contributed by atoms with Gasteiger partial charge < -0.3 is 15.4 Å². The first-order valence-corrected chi connectivity index (χ1v) is 6.25. The molecule has 1 rings (SSSR count). The lowest BCUT2D eigenvalue weighted by atomic mass is 10.1. The zero-order valence-corrected chi connectivity index (χ0v) is 11.3. The molecule has 0 radical (unpaired) electrons. The molecule has 0 saturated carbocycles. The maximum atomic E-state index is 11.0. The first kappa shape index (κ1) is 14.5. The van der Waals surface area contributed by atoms with Gasteiger partial charge in [0.15, 0.2) is 0 Å². The number of hydrogen-bond donors (Lipinski definition) is 2. The van der Waals surface area contributed by atoms with Crippen molar-refractivity contribution in [2.45, 2.75) is 25.8 Å². The first-order valence-electron chi connectivity index (χ1n) is 6.25. The molecule has 100 valence electrons. The fraction of sp³-hybridized carbons (Fsp3) is 0.500. The van der Waals surface area contributed by atoms with E-state index in [-0.39, 0.29) is 11.9 Å². The molecule has 0 aliphatic heterocycles. The van der Waals surface area contributed by atoms with Crippen LogP contribution < -0.4 is 15.4 Å². The van der Waals surface area contributed by atoms with Crippen LogP contribution in [0.25, 0.3) is 0 Å². The van der Waals surface area contributed by atoms with E-state index < -0.39 is 0 Å². The fourth-order valence-electron chi connectivity index (χ4n) is 1.70. The van der Waals surface area contributed by atoms with Gasteiger partial charge in [-0.2, -0.15) is 0 Å². The Labute approximate surface area is 109 Å². The predicted molar refractivity (Wildman–Crippen MR) is 72.7 cm³/mol. The van der Waals surface area contributed by atoms with E-state index in [4.69, 9.17) is 4.74 Å². The molecule has 0 saturated heterocycles. The molecular formula is C14H22N2O2. The summed E-state index contributed by atoms with van der Waals surface area (Å²) < 4.78 is 5.12. The van der Waals surface area contributed by atoms with Crippen molar-refractivity contribution >= 4 is 5.91 Å². The predicted octanol–water partition coefficient (Wildman–Crippen LogP) is 1.87. The number of benzene rings is 1. The lowest BCUT2D eigenvalue weighted by Gasteiger charge is -2.14. The minimum atomic E-state index is 0.0916. The lowest BCUT2D eigenvalue weighted by molar-refractivity contribution is -0.120. The van der Waals surface area contributed by atoms with Gasteiger partial charge in [-0.1, -0.05) is 12.1 Å². The molecule has 4 nitrogen and oxygen atoms in total. The Bertz CT molecular complexity index is 363. The van der Waals surface area contributed by atoms with Crippen LogP contribution >= 0.6 is 0 Å². The van der Waals surface area contributed by atoms with E-state index in [1.807, 2.05) is 12.1 Å². The largest absolute Gasteiger partial charge is 0.497 e. The minimum Gasteiger partial charge on any atom is -0.497 e. The van der Waals surface area contributed by atoms with E-state index in [1.165, 1.54) is 5.56 Å². The quantitative estimate of drug-likeness (QED) is 0.726. The number of carbonyl (C=O) groups excluding carboxylic acids is 1. The van der Waals surface area contributed by atoms with Gasteiger partial charge in [0.05, 0.1) is 7.11 Å². The summed E-state index contributed by atoms with van der Waals surface area (Å²) in [6.07, 6.45) is 1.42. The molecule has 18 heavy (non-hydrogen) atoms. The SMILES string of the molecule is CNC(=O)CCCN[C@@H](C)c1ccc(OC)cc1. The van der Waals surface area contributed by atoms with Gasteiger partial charge in [0.1, 0.15) is 5.75 Å². The molecule has 0 aliphatic rings. The molecule has 1 amide bonds. The zero-order valence-electron chi connectivity index (χ0n) is 11.3. The third-order valence-electron chi connectivity index (χ3n) is 2.93. The summed E-state index contributed by atoms with van der Waals surface area (Å²) in [6.45, 7) is 2.95. The van der Waals surface area contributed by atoms with E-state index in [2.05, 4.69) is 29.7 Å². The molecule has 1 aromatic rings. The molecule has 1 aromatic carbocycles. The monoisotopic (exact) mass is 250 g/mol. The van der Waals surface area contributed by atoms with Crippen molar-refractivity contribution in [3.8, 4) is 5.75 Å². The van der Waals surface area contributed by atoms with Gasteiger partial charge in [0, 0.05) is 19.5 Å². The van der Waals surface area contributed by atoms with Gasteiger partial charge in [0.25, 0.3) is 0 Å². The molecule has 0 unspecified atom stereocenters. The summed E-state index contributed by atoms with van der Waals surface area (Å²) in [5, 5.41) is 6.01. The highest BCUT2D eigenvalue weighted by molar-refractivity contribution is 5.75. The molecular weight excluding hydrogens is 228 g/mol. The van der Waals surface area contributed by atoms with Gasteiger partial charge in [-0.3, -0.25) is 4.79 Å². The van der Waals surface area contributed by atoms with Gasteiger partial charge in [-0.25, -0.2) is 0 Å². The van der Waals surface area contributed by atoms with E-state index >= 15 is 0 Å². The van der Waals surface area contributed by atoms with E-state index in [9.17, 15) is 4.79 Å². The molecule has 0 heterocycles. The third-order valence-corrected chi connectivity index (χ3v) is 2.93. The van der Waals surface area contributed by atoms with Gasteiger partial charge >= 0.3 is 0 Å². The second-order valence-electron chi connectivity index (χ2n) is 4.23.